The minimum Gasteiger partial charge on any atom is -0.504 e. The quantitative estimate of drug-likeness (QED) is 0.163. The Hall–Kier alpha value is -5.10. The number of phenols is 1. The lowest BCUT2D eigenvalue weighted by molar-refractivity contribution is -0.384. The number of ether oxygens (including phenoxy) is 1. The van der Waals surface area contributed by atoms with Crippen molar-refractivity contribution in [3.8, 4) is 11.5 Å². The first kappa shape index (κ1) is 30.5. The second-order valence-corrected chi connectivity index (χ2v) is 12.9. The molecule has 7 rings (SSSR count). The number of carbonyl (C=O) groups is 4. The highest BCUT2D eigenvalue weighted by atomic mass is 35.5. The maximum absolute atomic E-state index is 14.5. The third-order valence-corrected chi connectivity index (χ3v) is 10.6. The van der Waals surface area contributed by atoms with Gasteiger partial charge in [-0.25, -0.2) is 14.2 Å². The van der Waals surface area contributed by atoms with E-state index >= 15 is 0 Å². The van der Waals surface area contributed by atoms with Gasteiger partial charge in [0, 0.05) is 18.1 Å². The molecule has 1 N–H and O–H groups in total. The molecule has 4 amide bonds. The lowest BCUT2D eigenvalue weighted by Crippen LogP contribution is -2.48. The Kier molecular flexibility index (Phi) is 6.97. The van der Waals surface area contributed by atoms with Crippen molar-refractivity contribution in [2.45, 2.75) is 25.7 Å². The van der Waals surface area contributed by atoms with E-state index in [1.807, 2.05) is 6.08 Å². The van der Waals surface area contributed by atoms with E-state index in [4.69, 9.17) is 16.3 Å². The molecule has 0 aromatic heterocycles. The van der Waals surface area contributed by atoms with E-state index < -0.39 is 69.4 Å². The Morgan fingerprint density at radius 1 is 0.979 bits per heavy atom. The van der Waals surface area contributed by atoms with Crippen LogP contribution in [-0.2, 0) is 19.2 Å². The Morgan fingerprint density at radius 2 is 1.72 bits per heavy atom. The van der Waals surface area contributed by atoms with Gasteiger partial charge in [-0.3, -0.25) is 29.3 Å². The molecule has 13 heteroatoms. The van der Waals surface area contributed by atoms with Crippen molar-refractivity contribution in [3.63, 3.8) is 0 Å². The minimum absolute atomic E-state index is 0.0555. The molecule has 2 saturated heterocycles. The molecular weight excluding hydrogens is 633 g/mol. The fourth-order valence-electron chi connectivity index (χ4n) is 8.15. The van der Waals surface area contributed by atoms with Gasteiger partial charge in [-0.1, -0.05) is 35.4 Å². The molecule has 2 aliphatic carbocycles. The normalized spacial score (nSPS) is 28.2. The largest absolute Gasteiger partial charge is 0.504 e. The molecule has 6 unspecified atom stereocenters. The molecule has 2 heterocycles. The van der Waals surface area contributed by atoms with Crippen LogP contribution < -0.4 is 14.5 Å². The Morgan fingerprint density at radius 3 is 2.40 bits per heavy atom. The van der Waals surface area contributed by atoms with Crippen LogP contribution in [0.3, 0.4) is 0 Å². The monoisotopic (exact) mass is 659 g/mol. The van der Waals surface area contributed by atoms with Gasteiger partial charge in [0.15, 0.2) is 11.5 Å². The highest BCUT2D eigenvalue weighted by Crippen LogP contribution is 2.64. The second-order valence-electron chi connectivity index (χ2n) is 12.5. The van der Waals surface area contributed by atoms with Crippen molar-refractivity contribution in [1.82, 2.24) is 0 Å². The zero-order valence-corrected chi connectivity index (χ0v) is 25.8. The molecule has 11 nitrogen and oxygen atoms in total. The lowest BCUT2D eigenvalue weighted by Gasteiger charge is -2.49. The molecule has 240 valence electrons. The van der Waals surface area contributed by atoms with Gasteiger partial charge in [-0.15, -0.1) is 0 Å². The number of allylic oxidation sites excluding steroid dienone is 2. The van der Waals surface area contributed by atoms with Crippen molar-refractivity contribution in [1.29, 1.82) is 0 Å². The van der Waals surface area contributed by atoms with Crippen molar-refractivity contribution in [3.05, 3.63) is 98.8 Å². The lowest BCUT2D eigenvalue weighted by atomic mass is 9.51. The number of nitrogens with zero attached hydrogens (tertiary/aromatic N) is 3. The van der Waals surface area contributed by atoms with Crippen LogP contribution in [0.15, 0.2) is 72.3 Å². The van der Waals surface area contributed by atoms with Gasteiger partial charge in [-0.2, -0.15) is 0 Å². The van der Waals surface area contributed by atoms with Gasteiger partial charge in [0.1, 0.15) is 5.82 Å². The van der Waals surface area contributed by atoms with Crippen molar-refractivity contribution in [2.24, 2.45) is 29.1 Å². The van der Waals surface area contributed by atoms with Gasteiger partial charge in [-0.05, 0) is 67.6 Å². The third-order valence-electron chi connectivity index (χ3n) is 10.3. The molecule has 6 atom stereocenters. The van der Waals surface area contributed by atoms with Crippen LogP contribution in [0.1, 0.15) is 31.2 Å². The Balaban J connectivity index is 1.36. The number of hydrogen-bond acceptors (Lipinski definition) is 8. The number of non-ortho nitro benzene ring substituents is 1. The summed E-state index contributed by atoms with van der Waals surface area (Å²) >= 11 is 6.04. The number of phenolic OH excluding ortho intramolecular Hbond substituents is 1. The number of hydrogen-bond donors (Lipinski definition) is 1. The summed E-state index contributed by atoms with van der Waals surface area (Å²) in [6.07, 6.45) is 2.06. The molecule has 47 heavy (non-hydrogen) atoms. The summed E-state index contributed by atoms with van der Waals surface area (Å²) in [6.45, 7) is 1.68. The van der Waals surface area contributed by atoms with E-state index in [1.54, 1.807) is 19.1 Å². The Labute approximate surface area is 272 Å². The van der Waals surface area contributed by atoms with Gasteiger partial charge in [0.05, 0.1) is 51.6 Å². The molecule has 3 aromatic carbocycles. The molecule has 2 aliphatic heterocycles. The van der Waals surface area contributed by atoms with Crippen molar-refractivity contribution in [2.75, 3.05) is 16.9 Å². The predicted molar refractivity (Wildman–Crippen MR) is 166 cm³/mol. The summed E-state index contributed by atoms with van der Waals surface area (Å²) in [6, 6.07) is 13.6. The zero-order valence-electron chi connectivity index (χ0n) is 25.1. The number of anilines is 2. The van der Waals surface area contributed by atoms with E-state index in [2.05, 4.69) is 0 Å². The number of nitro groups is 1. The first-order chi connectivity index (χ1) is 22.4. The first-order valence-corrected chi connectivity index (χ1v) is 15.3. The van der Waals surface area contributed by atoms with Gasteiger partial charge in [0.25, 0.3) is 5.69 Å². The second kappa shape index (κ2) is 10.7. The maximum Gasteiger partial charge on any atom is 0.271 e. The molecule has 0 radical (unpaired) electrons. The number of imide groups is 2. The highest BCUT2D eigenvalue weighted by molar-refractivity contribution is 6.32. The van der Waals surface area contributed by atoms with Crippen LogP contribution in [0, 0.1) is 45.0 Å². The smallest absolute Gasteiger partial charge is 0.271 e. The van der Waals surface area contributed by atoms with Crippen molar-refractivity contribution < 1.29 is 38.3 Å². The number of aromatic hydroxyl groups is 1. The van der Waals surface area contributed by atoms with Gasteiger partial charge < -0.3 is 9.84 Å². The summed E-state index contributed by atoms with van der Waals surface area (Å²) < 4.78 is 19.3. The van der Waals surface area contributed by atoms with E-state index in [0.717, 1.165) is 15.9 Å². The van der Waals surface area contributed by atoms with Crippen LogP contribution in [0.25, 0.3) is 0 Å². The number of fused-ring (bicyclic) bond motifs is 4. The van der Waals surface area contributed by atoms with E-state index in [-0.39, 0.29) is 46.4 Å². The average molecular weight is 660 g/mol. The first-order valence-electron chi connectivity index (χ1n) is 14.9. The number of halogens is 2. The van der Waals surface area contributed by atoms with Crippen LogP contribution >= 0.6 is 11.6 Å². The fraction of sp³-hybridized carbons (Fsp3) is 0.294. The summed E-state index contributed by atoms with van der Waals surface area (Å²) in [5.41, 5.74) is -0.333. The topological polar surface area (TPSA) is 147 Å². The van der Waals surface area contributed by atoms with Crippen molar-refractivity contribution >= 4 is 52.3 Å². The summed E-state index contributed by atoms with van der Waals surface area (Å²) in [5, 5.41) is 22.0. The molecule has 0 spiro atoms. The number of amides is 4. The molecule has 3 fully saturated rings. The van der Waals surface area contributed by atoms with E-state index in [0.29, 0.717) is 11.1 Å². The number of methoxy groups -OCH3 is 1. The standard InChI is InChI=1S/C34H27ClFN3O8/c1-34-23(31(42)38(33(34)44)18-7-10-25(36)24(35)14-18)15-22-20(29(34)16-6-11-27(47-2)26(40)12-16)8-9-21-28(22)32(43)37(30(21)41)17-4-3-5-19(13-17)39(45)46/h3-8,10-14,21-23,28-29,40H,9,15H2,1-2H3. The Bertz CT molecular complexity index is 1960. The minimum atomic E-state index is -1.40. The predicted octanol–water partition coefficient (Wildman–Crippen LogP) is 5.54. The number of benzene rings is 3. The number of nitro benzene ring substituents is 1. The summed E-state index contributed by atoms with van der Waals surface area (Å²) in [7, 11) is 1.40. The van der Waals surface area contributed by atoms with E-state index in [1.165, 1.54) is 49.6 Å². The third kappa shape index (κ3) is 4.31. The number of carbonyl (C=O) groups excluding carboxylic acids is 4. The SMILES string of the molecule is COc1ccc(C2C3=CCC4C(=O)N(c5cccc([N+](=O)[O-])c5)C(=O)C4C3CC3C(=O)N(c4ccc(F)c(Cl)c4)C(=O)C32C)cc1O. The van der Waals surface area contributed by atoms with E-state index in [9.17, 15) is 38.8 Å². The molecule has 0 bridgehead atoms. The molecule has 4 aliphatic rings. The van der Waals surface area contributed by atoms with Crippen LogP contribution in [-0.4, -0.2) is 40.8 Å². The maximum atomic E-state index is 14.5. The zero-order chi connectivity index (χ0) is 33.5. The summed E-state index contributed by atoms with van der Waals surface area (Å²) in [5.74, 6) is -7.00. The average Bonchev–Trinajstić information content (AvgIpc) is 3.41. The summed E-state index contributed by atoms with van der Waals surface area (Å²) in [4.78, 5) is 69.5. The molecule has 1 saturated carbocycles. The fourth-order valence-corrected chi connectivity index (χ4v) is 8.33. The molecular formula is C34H27ClFN3O8. The molecule has 3 aromatic rings. The van der Waals surface area contributed by atoms with Crippen LogP contribution in [0.5, 0.6) is 11.5 Å². The van der Waals surface area contributed by atoms with Crippen LogP contribution in [0.2, 0.25) is 5.02 Å². The van der Waals surface area contributed by atoms with Gasteiger partial charge in [0.2, 0.25) is 23.6 Å². The van der Waals surface area contributed by atoms with Crippen LogP contribution in [0.4, 0.5) is 21.5 Å². The van der Waals surface area contributed by atoms with Gasteiger partial charge >= 0.3 is 0 Å². The highest BCUT2D eigenvalue weighted by Gasteiger charge is 2.67. The number of rotatable bonds is 5.